The number of aliphatic carboxylic acids is 1. The van der Waals surface area contributed by atoms with Crippen molar-refractivity contribution in [3.05, 3.63) is 59.2 Å². The van der Waals surface area contributed by atoms with Gasteiger partial charge >= 0.3 is 5.97 Å². The largest absolute Gasteiger partial charge is 0.481 e. The zero-order valence-electron chi connectivity index (χ0n) is 24.1. The molecule has 2 aromatic carbocycles. The van der Waals surface area contributed by atoms with Crippen LogP contribution in [0.5, 0.6) is 11.5 Å². The highest BCUT2D eigenvalue weighted by Crippen LogP contribution is 2.47. The number of amides is 1. The molecule has 0 radical (unpaired) electrons. The summed E-state index contributed by atoms with van der Waals surface area (Å²) in [6.45, 7) is 13.1. The molecule has 7 heteroatoms. The molecule has 39 heavy (non-hydrogen) atoms. The number of carboxylic acids is 1. The van der Waals surface area contributed by atoms with Crippen LogP contribution in [0.2, 0.25) is 0 Å². The van der Waals surface area contributed by atoms with Crippen molar-refractivity contribution >= 4 is 11.9 Å². The number of carbonyl (C=O) groups is 2. The van der Waals surface area contributed by atoms with E-state index in [0.717, 1.165) is 49.9 Å². The average molecular weight is 537 g/mol. The third-order valence-corrected chi connectivity index (χ3v) is 8.08. The first-order valence-corrected chi connectivity index (χ1v) is 14.4. The van der Waals surface area contributed by atoms with E-state index in [2.05, 4.69) is 51.7 Å². The van der Waals surface area contributed by atoms with Crippen LogP contribution in [0.15, 0.2) is 42.5 Å². The highest BCUT2D eigenvalue weighted by atomic mass is 16.7. The maximum absolute atomic E-state index is 13.6. The molecule has 2 aliphatic heterocycles. The van der Waals surface area contributed by atoms with Crippen LogP contribution in [-0.2, 0) is 15.0 Å². The second kappa shape index (κ2) is 12.4. The van der Waals surface area contributed by atoms with Crippen LogP contribution in [0.1, 0.15) is 89.0 Å². The molecule has 1 amide bonds. The van der Waals surface area contributed by atoms with Gasteiger partial charge in [0, 0.05) is 31.6 Å². The van der Waals surface area contributed by atoms with Gasteiger partial charge in [0.1, 0.15) is 0 Å². The van der Waals surface area contributed by atoms with Gasteiger partial charge in [-0.2, -0.15) is 0 Å². The lowest BCUT2D eigenvalue weighted by Crippen LogP contribution is -2.42. The van der Waals surface area contributed by atoms with E-state index in [0.29, 0.717) is 18.0 Å². The van der Waals surface area contributed by atoms with Crippen LogP contribution in [0.3, 0.4) is 0 Å². The molecule has 3 atom stereocenters. The lowest BCUT2D eigenvalue weighted by Gasteiger charge is -2.30. The predicted octanol–water partition coefficient (Wildman–Crippen LogP) is 5.98. The number of rotatable bonds is 11. The number of fused-ring (bicyclic) bond motifs is 1. The number of likely N-dealkylation sites (tertiary alicyclic amines) is 1. The maximum Gasteiger partial charge on any atom is 0.309 e. The molecule has 2 heterocycles. The average Bonchev–Trinajstić information content (AvgIpc) is 3.52. The normalized spacial score (nSPS) is 20.8. The topological polar surface area (TPSA) is 79.3 Å². The molecule has 1 fully saturated rings. The molecular formula is C32H44N2O5. The van der Waals surface area contributed by atoms with Gasteiger partial charge in [0.15, 0.2) is 11.5 Å². The van der Waals surface area contributed by atoms with Crippen LogP contribution >= 0.6 is 0 Å². The zero-order valence-corrected chi connectivity index (χ0v) is 24.1. The monoisotopic (exact) mass is 536 g/mol. The summed E-state index contributed by atoms with van der Waals surface area (Å²) in [4.78, 5) is 30.6. The number of unbranched alkanes of at least 4 members (excludes halogenated alkanes) is 2. The SMILES string of the molecule is CCCCN(CCCC)C(=O)CN1C[C@H](c2ccc3c(c2)OCO3)[C@H](C(=O)O)[C@H]1c1ccc(C(C)(C)C)cc1. The van der Waals surface area contributed by atoms with E-state index in [4.69, 9.17) is 9.47 Å². The number of nitrogens with zero attached hydrogens (tertiary/aromatic N) is 2. The Balaban J connectivity index is 1.69. The van der Waals surface area contributed by atoms with Gasteiger partial charge in [0.2, 0.25) is 12.7 Å². The van der Waals surface area contributed by atoms with E-state index >= 15 is 0 Å². The third kappa shape index (κ3) is 6.57. The molecule has 4 rings (SSSR count). The number of carbonyl (C=O) groups excluding carboxylic acids is 1. The number of benzene rings is 2. The Hall–Kier alpha value is -3.06. The van der Waals surface area contributed by atoms with Gasteiger partial charge in [-0.05, 0) is 47.1 Å². The second-order valence-electron chi connectivity index (χ2n) is 11.9. The molecule has 1 N–H and O–H groups in total. The summed E-state index contributed by atoms with van der Waals surface area (Å²) in [6.07, 6.45) is 3.97. The van der Waals surface area contributed by atoms with Gasteiger partial charge in [-0.25, -0.2) is 0 Å². The fraction of sp³-hybridized carbons (Fsp3) is 0.562. The van der Waals surface area contributed by atoms with Crippen molar-refractivity contribution in [2.75, 3.05) is 33.0 Å². The molecular weight excluding hydrogens is 492 g/mol. The molecule has 212 valence electrons. The van der Waals surface area contributed by atoms with Gasteiger partial charge in [-0.15, -0.1) is 0 Å². The molecule has 0 aliphatic carbocycles. The van der Waals surface area contributed by atoms with E-state index in [1.165, 1.54) is 5.56 Å². The lowest BCUT2D eigenvalue weighted by atomic mass is 9.81. The van der Waals surface area contributed by atoms with Gasteiger partial charge in [0.05, 0.1) is 12.5 Å². The Morgan fingerprint density at radius 1 is 0.949 bits per heavy atom. The lowest BCUT2D eigenvalue weighted by molar-refractivity contribution is -0.144. The van der Waals surface area contributed by atoms with Gasteiger partial charge in [0.25, 0.3) is 0 Å². The van der Waals surface area contributed by atoms with E-state index in [9.17, 15) is 14.7 Å². The van der Waals surface area contributed by atoms with Crippen molar-refractivity contribution in [2.24, 2.45) is 5.92 Å². The number of hydrogen-bond acceptors (Lipinski definition) is 5. The minimum atomic E-state index is -0.855. The van der Waals surface area contributed by atoms with Gasteiger partial charge < -0.3 is 19.5 Å². The smallest absolute Gasteiger partial charge is 0.309 e. The van der Waals surface area contributed by atoms with Crippen LogP contribution in [0.4, 0.5) is 0 Å². The summed E-state index contributed by atoms with van der Waals surface area (Å²) in [5, 5.41) is 10.6. The Morgan fingerprint density at radius 2 is 1.56 bits per heavy atom. The zero-order chi connectivity index (χ0) is 28.2. The first-order chi connectivity index (χ1) is 18.6. The standard InChI is InChI=1S/C32H44N2O5/c1-6-8-16-33(17-9-7-2)28(35)20-34-19-25(23-12-15-26-27(18-23)39-21-38-26)29(31(36)37)30(34)22-10-13-24(14-11-22)32(3,4)5/h10-15,18,25,29-30H,6-9,16-17,19-21H2,1-5H3,(H,36,37)/t25-,29+,30-/m1/s1. The van der Waals surface area contributed by atoms with Gasteiger partial charge in [-0.1, -0.05) is 77.8 Å². The second-order valence-corrected chi connectivity index (χ2v) is 11.9. The summed E-state index contributed by atoms with van der Waals surface area (Å²) < 4.78 is 11.1. The van der Waals surface area contributed by atoms with Crippen molar-refractivity contribution in [1.29, 1.82) is 0 Å². The maximum atomic E-state index is 13.6. The summed E-state index contributed by atoms with van der Waals surface area (Å²) in [5.41, 5.74) is 3.01. The molecule has 2 aromatic rings. The molecule has 0 aromatic heterocycles. The van der Waals surface area contributed by atoms with Crippen molar-refractivity contribution in [3.63, 3.8) is 0 Å². The first kappa shape index (κ1) is 28.9. The molecule has 0 spiro atoms. The summed E-state index contributed by atoms with van der Waals surface area (Å²) in [6, 6.07) is 13.6. The van der Waals surface area contributed by atoms with E-state index in [1.54, 1.807) is 0 Å². The Labute approximate surface area is 233 Å². The molecule has 0 saturated carbocycles. The number of carboxylic acid groups (broad SMARTS) is 1. The van der Waals surface area contributed by atoms with E-state index in [-0.39, 0.29) is 30.6 Å². The summed E-state index contributed by atoms with van der Waals surface area (Å²) in [7, 11) is 0. The minimum absolute atomic E-state index is 0.00978. The first-order valence-electron chi connectivity index (χ1n) is 14.4. The Bertz CT molecular complexity index is 1130. The number of ether oxygens (including phenoxy) is 2. The van der Waals surface area contributed by atoms with Crippen LogP contribution in [-0.4, -0.2) is 59.8 Å². The highest BCUT2D eigenvalue weighted by Gasteiger charge is 2.48. The van der Waals surface area contributed by atoms with Crippen LogP contribution in [0.25, 0.3) is 0 Å². The fourth-order valence-electron chi connectivity index (χ4n) is 5.78. The molecule has 2 aliphatic rings. The molecule has 7 nitrogen and oxygen atoms in total. The molecule has 1 saturated heterocycles. The van der Waals surface area contributed by atoms with E-state index in [1.807, 2.05) is 35.2 Å². The van der Waals surface area contributed by atoms with Crippen molar-refractivity contribution < 1.29 is 24.2 Å². The van der Waals surface area contributed by atoms with Crippen molar-refractivity contribution in [3.8, 4) is 11.5 Å². The fourth-order valence-corrected chi connectivity index (χ4v) is 5.78. The minimum Gasteiger partial charge on any atom is -0.481 e. The van der Waals surface area contributed by atoms with E-state index < -0.39 is 17.9 Å². The van der Waals surface area contributed by atoms with Crippen LogP contribution in [0, 0.1) is 5.92 Å². The molecule has 0 unspecified atom stereocenters. The summed E-state index contributed by atoms with van der Waals surface area (Å²) in [5.74, 6) is -0.472. The van der Waals surface area contributed by atoms with Crippen LogP contribution < -0.4 is 9.47 Å². The predicted molar refractivity (Wildman–Crippen MR) is 152 cm³/mol. The highest BCUT2D eigenvalue weighted by molar-refractivity contribution is 5.79. The number of hydrogen-bond donors (Lipinski definition) is 1. The third-order valence-electron chi connectivity index (χ3n) is 8.08. The Morgan fingerprint density at radius 3 is 2.15 bits per heavy atom. The Kier molecular flexibility index (Phi) is 9.21. The molecule has 0 bridgehead atoms. The summed E-state index contributed by atoms with van der Waals surface area (Å²) >= 11 is 0. The van der Waals surface area contributed by atoms with Crippen molar-refractivity contribution in [1.82, 2.24) is 9.80 Å². The van der Waals surface area contributed by atoms with Gasteiger partial charge in [-0.3, -0.25) is 14.5 Å². The van der Waals surface area contributed by atoms with Crippen molar-refractivity contribution in [2.45, 2.75) is 77.7 Å². The quantitative estimate of drug-likeness (QED) is 0.380.